The lowest BCUT2D eigenvalue weighted by Gasteiger charge is -2.38. The van der Waals surface area contributed by atoms with Crippen LogP contribution in [0.25, 0.3) is 22.8 Å². The van der Waals surface area contributed by atoms with Crippen LogP contribution >= 0.6 is 0 Å². The van der Waals surface area contributed by atoms with Gasteiger partial charge in [-0.15, -0.1) is 0 Å². The van der Waals surface area contributed by atoms with E-state index in [4.69, 9.17) is 17.2 Å². The molecule has 20 nitrogen and oxygen atoms in total. The number of nitrogen functional groups attached to an aromatic ring is 1. The number of aromatic nitrogens is 8. The number of amides is 2. The van der Waals surface area contributed by atoms with Gasteiger partial charge in [0.15, 0.2) is 34.7 Å². The summed E-state index contributed by atoms with van der Waals surface area (Å²) in [7, 11) is 0. The molecule has 0 radical (unpaired) electrons. The molecule has 6 aromatic heterocycles. The SMILES string of the molecule is CC1(N)CCN(c2cccnc2NC(=O)c2nc(-c3ncc(Nc4ncc(-c5ncccc5C#N)nc4C(=O)Nc4ncccc4N4CCC(N)CC4)cc3C#N)cnc2N)CC1. The standard InChI is InChI=1S/C43H42N18O2/c1-43(48)10-17-61(18-11-43)32-7-4-14-51-39(32)58-41(62)35-37(47)53-23-29(56-35)34-26(21-45)19-28(22-52-34)55-40-36(57-30(24-54-40)33-25(20-44)5-2-12-49-33)42(63)59-38-31(6-3-13-50-38)60-15-8-27(46)9-16-60/h2-7,12-14,19,22-24,27H,8-11,15-18,46,48H2,1H3,(H2,47,53)(H,54,55)(H,50,59,63)(H,51,58,62). The van der Waals surface area contributed by atoms with Crippen LogP contribution in [0.15, 0.2) is 79.6 Å². The molecule has 20 heteroatoms. The summed E-state index contributed by atoms with van der Waals surface area (Å²) < 4.78 is 0. The topological polar surface area (TPSA) is 305 Å². The summed E-state index contributed by atoms with van der Waals surface area (Å²) in [6.07, 6.45) is 11.9. The number of anilines is 7. The molecule has 0 aromatic carbocycles. The number of pyridine rings is 4. The molecule has 2 fully saturated rings. The van der Waals surface area contributed by atoms with Gasteiger partial charge in [-0.3, -0.25) is 19.6 Å². The van der Waals surface area contributed by atoms with Crippen LogP contribution in [0.4, 0.5) is 40.3 Å². The van der Waals surface area contributed by atoms with Gasteiger partial charge >= 0.3 is 0 Å². The Kier molecular flexibility index (Phi) is 11.7. The molecule has 0 spiro atoms. The third kappa shape index (κ3) is 9.12. The van der Waals surface area contributed by atoms with Crippen molar-refractivity contribution in [2.75, 3.05) is 57.7 Å². The maximum Gasteiger partial charge on any atom is 0.279 e. The number of nitrogens with zero attached hydrogens (tertiary/aromatic N) is 12. The normalized spacial score (nSPS) is 14.9. The number of carbonyl (C=O) groups is 2. The third-order valence-electron chi connectivity index (χ3n) is 10.9. The van der Waals surface area contributed by atoms with E-state index in [1.54, 1.807) is 36.7 Å². The Labute approximate surface area is 361 Å². The van der Waals surface area contributed by atoms with Crippen molar-refractivity contribution >= 4 is 52.1 Å². The predicted octanol–water partition coefficient (Wildman–Crippen LogP) is 4.00. The molecule has 2 aliphatic heterocycles. The van der Waals surface area contributed by atoms with Crippen LogP contribution in [-0.2, 0) is 0 Å². The fourth-order valence-corrected chi connectivity index (χ4v) is 7.32. The predicted molar refractivity (Wildman–Crippen MR) is 235 cm³/mol. The summed E-state index contributed by atoms with van der Waals surface area (Å²) in [6.45, 7) is 4.78. The Balaban J connectivity index is 1.07. The molecular formula is C43H42N18O2. The minimum Gasteiger partial charge on any atom is -0.382 e. The summed E-state index contributed by atoms with van der Waals surface area (Å²) in [5.74, 6) is -0.811. The second-order valence-corrected chi connectivity index (χ2v) is 15.4. The second-order valence-electron chi connectivity index (χ2n) is 15.4. The van der Waals surface area contributed by atoms with E-state index in [9.17, 15) is 20.1 Å². The Bertz CT molecular complexity index is 2780. The highest BCUT2D eigenvalue weighted by atomic mass is 16.2. The largest absolute Gasteiger partial charge is 0.382 e. The number of hydrogen-bond donors (Lipinski definition) is 6. The summed E-state index contributed by atoms with van der Waals surface area (Å²) in [6, 6.07) is 16.3. The first kappa shape index (κ1) is 41.5. The van der Waals surface area contributed by atoms with Crippen molar-refractivity contribution < 1.29 is 9.59 Å². The number of nitrogens with two attached hydrogens (primary N) is 3. The summed E-state index contributed by atoms with van der Waals surface area (Å²) >= 11 is 0. The number of hydrogen-bond acceptors (Lipinski definition) is 18. The van der Waals surface area contributed by atoms with E-state index in [1.165, 1.54) is 30.9 Å². The number of carbonyl (C=O) groups excluding carboxylic acids is 2. The van der Waals surface area contributed by atoms with Crippen LogP contribution in [0.5, 0.6) is 0 Å². The molecule has 0 unspecified atom stereocenters. The highest BCUT2D eigenvalue weighted by Crippen LogP contribution is 2.32. The van der Waals surface area contributed by atoms with Crippen LogP contribution in [-0.4, -0.2) is 89.4 Å². The number of rotatable bonds is 10. The van der Waals surface area contributed by atoms with Crippen LogP contribution < -0.4 is 43.0 Å². The summed E-state index contributed by atoms with van der Waals surface area (Å²) in [5.41, 5.74) is 20.7. The van der Waals surface area contributed by atoms with Gasteiger partial charge in [0.1, 0.15) is 34.9 Å². The van der Waals surface area contributed by atoms with Gasteiger partial charge in [0.25, 0.3) is 11.8 Å². The average molecular weight is 843 g/mol. The zero-order chi connectivity index (χ0) is 44.1. The minimum atomic E-state index is -0.657. The zero-order valence-corrected chi connectivity index (χ0v) is 34.2. The molecule has 0 bridgehead atoms. The molecule has 0 aliphatic carbocycles. The lowest BCUT2D eigenvalue weighted by atomic mass is 9.91. The monoisotopic (exact) mass is 842 g/mol. The van der Waals surface area contributed by atoms with Gasteiger partial charge in [0.05, 0.1) is 46.8 Å². The van der Waals surface area contributed by atoms with E-state index in [1.807, 2.05) is 19.1 Å². The number of nitrogens with one attached hydrogen (secondary N) is 3. The molecule has 2 amide bonds. The second kappa shape index (κ2) is 17.8. The zero-order valence-electron chi connectivity index (χ0n) is 34.2. The maximum absolute atomic E-state index is 14.2. The van der Waals surface area contributed by atoms with Crippen molar-refractivity contribution in [2.45, 2.75) is 44.2 Å². The first-order chi connectivity index (χ1) is 30.5. The van der Waals surface area contributed by atoms with Crippen molar-refractivity contribution in [1.29, 1.82) is 10.5 Å². The molecule has 2 aliphatic rings. The molecule has 6 aromatic rings. The molecule has 2 saturated heterocycles. The Hall–Kier alpha value is -8.20. The molecule has 8 rings (SSSR count). The fraction of sp³-hybridized carbons (Fsp3) is 0.256. The molecular weight excluding hydrogens is 801 g/mol. The number of piperidine rings is 2. The van der Waals surface area contributed by atoms with E-state index < -0.39 is 11.8 Å². The molecule has 8 heterocycles. The smallest absolute Gasteiger partial charge is 0.279 e. The van der Waals surface area contributed by atoms with Crippen molar-refractivity contribution in [3.05, 3.63) is 102 Å². The van der Waals surface area contributed by atoms with Crippen molar-refractivity contribution in [3.63, 3.8) is 0 Å². The van der Waals surface area contributed by atoms with Crippen LogP contribution in [0, 0.1) is 22.7 Å². The van der Waals surface area contributed by atoms with Gasteiger partial charge in [-0.2, -0.15) is 10.5 Å². The Morgan fingerprint density at radius 1 is 0.714 bits per heavy atom. The van der Waals surface area contributed by atoms with E-state index in [0.29, 0.717) is 37.8 Å². The lowest BCUT2D eigenvalue weighted by Crippen LogP contribution is -2.48. The first-order valence-corrected chi connectivity index (χ1v) is 20.1. The molecule has 316 valence electrons. The maximum atomic E-state index is 14.2. The van der Waals surface area contributed by atoms with E-state index in [2.05, 4.69) is 77.8 Å². The quantitative estimate of drug-likeness (QED) is 0.114. The van der Waals surface area contributed by atoms with Crippen molar-refractivity contribution in [1.82, 2.24) is 39.9 Å². The van der Waals surface area contributed by atoms with Crippen molar-refractivity contribution in [3.8, 4) is 34.9 Å². The Morgan fingerprint density at radius 2 is 1.27 bits per heavy atom. The highest BCUT2D eigenvalue weighted by molar-refractivity contribution is 6.08. The van der Waals surface area contributed by atoms with Gasteiger partial charge in [-0.25, -0.2) is 29.9 Å². The van der Waals surface area contributed by atoms with Gasteiger partial charge < -0.3 is 43.0 Å². The van der Waals surface area contributed by atoms with Gasteiger partial charge in [0, 0.05) is 56.4 Å². The van der Waals surface area contributed by atoms with Crippen LogP contribution in [0.1, 0.15) is 64.7 Å². The van der Waals surface area contributed by atoms with Gasteiger partial charge in [-0.1, -0.05) is 0 Å². The van der Waals surface area contributed by atoms with Gasteiger partial charge in [0.2, 0.25) is 0 Å². The summed E-state index contributed by atoms with van der Waals surface area (Å²) in [5, 5.41) is 28.9. The average Bonchev–Trinajstić information content (AvgIpc) is 3.30. The molecule has 0 saturated carbocycles. The van der Waals surface area contributed by atoms with Gasteiger partial charge in [-0.05, 0) is 75.1 Å². The third-order valence-corrected chi connectivity index (χ3v) is 10.9. The highest BCUT2D eigenvalue weighted by Gasteiger charge is 2.29. The van der Waals surface area contributed by atoms with Crippen LogP contribution in [0.2, 0.25) is 0 Å². The minimum absolute atomic E-state index is 0.00674. The van der Waals surface area contributed by atoms with E-state index in [-0.39, 0.29) is 74.2 Å². The fourth-order valence-electron chi connectivity index (χ4n) is 7.32. The van der Waals surface area contributed by atoms with Crippen LogP contribution in [0.3, 0.4) is 0 Å². The first-order valence-electron chi connectivity index (χ1n) is 20.1. The summed E-state index contributed by atoms with van der Waals surface area (Å²) in [4.78, 5) is 67.7. The van der Waals surface area contributed by atoms with E-state index in [0.717, 1.165) is 37.1 Å². The van der Waals surface area contributed by atoms with E-state index >= 15 is 0 Å². The lowest BCUT2D eigenvalue weighted by molar-refractivity contribution is 0.101. The molecule has 0 atom stereocenters. The number of nitriles is 2. The molecule has 9 N–H and O–H groups in total. The van der Waals surface area contributed by atoms with Crippen molar-refractivity contribution in [2.24, 2.45) is 11.5 Å². The molecule has 63 heavy (non-hydrogen) atoms. The Morgan fingerprint density at radius 3 is 1.92 bits per heavy atom.